The van der Waals surface area contributed by atoms with Crippen LogP contribution in [0.2, 0.25) is 0 Å². The average molecular weight is 354 g/mol. The van der Waals surface area contributed by atoms with E-state index < -0.39 is 16.1 Å². The van der Waals surface area contributed by atoms with Gasteiger partial charge in [-0.15, -0.1) is 0 Å². The number of hydrogen-bond acceptors (Lipinski definition) is 5. The maximum Gasteiger partial charge on any atom is 0.253 e. The Balaban J connectivity index is 1.86. The first-order valence-electron chi connectivity index (χ1n) is 8.13. The molecule has 1 unspecified atom stereocenters. The first-order chi connectivity index (χ1) is 11.5. The Bertz CT molecular complexity index is 707. The monoisotopic (exact) mass is 354 g/mol. The van der Waals surface area contributed by atoms with Gasteiger partial charge in [0, 0.05) is 19.7 Å². The summed E-state index contributed by atoms with van der Waals surface area (Å²) in [6.45, 7) is 1.64. The predicted molar refractivity (Wildman–Crippen MR) is 88.6 cm³/mol. The minimum Gasteiger partial charge on any atom is -0.495 e. The van der Waals surface area contributed by atoms with Crippen LogP contribution in [-0.4, -0.2) is 51.5 Å². The van der Waals surface area contributed by atoms with E-state index in [4.69, 9.17) is 9.47 Å². The average Bonchev–Trinajstić information content (AvgIpc) is 3.28. The molecule has 2 fully saturated rings. The molecule has 1 aromatic carbocycles. The molecule has 1 atom stereocenters. The Hall–Kier alpha value is -1.64. The molecule has 2 aliphatic rings. The summed E-state index contributed by atoms with van der Waals surface area (Å²) in [5.41, 5.74) is 0.346. The molecule has 7 nitrogen and oxygen atoms in total. The van der Waals surface area contributed by atoms with Gasteiger partial charge < -0.3 is 14.8 Å². The van der Waals surface area contributed by atoms with E-state index in [-0.39, 0.29) is 10.8 Å². The van der Waals surface area contributed by atoms with E-state index >= 15 is 0 Å². The van der Waals surface area contributed by atoms with Gasteiger partial charge >= 0.3 is 0 Å². The number of methoxy groups -OCH3 is 1. The Morgan fingerprint density at radius 2 is 2.04 bits per heavy atom. The normalized spacial score (nSPS) is 21.8. The molecule has 0 aromatic heterocycles. The van der Waals surface area contributed by atoms with Crippen LogP contribution in [0.5, 0.6) is 5.75 Å². The van der Waals surface area contributed by atoms with Crippen LogP contribution in [0.25, 0.3) is 0 Å². The molecular weight excluding hydrogens is 332 g/mol. The van der Waals surface area contributed by atoms with Gasteiger partial charge in [-0.1, -0.05) is 0 Å². The molecule has 2 heterocycles. The number of anilines is 1. The van der Waals surface area contributed by atoms with Gasteiger partial charge in [0.15, 0.2) is 0 Å². The highest BCUT2D eigenvalue weighted by molar-refractivity contribution is 7.89. The van der Waals surface area contributed by atoms with Crippen molar-refractivity contribution in [2.45, 2.75) is 36.7 Å². The van der Waals surface area contributed by atoms with Crippen LogP contribution in [0.1, 0.15) is 25.7 Å². The third-order valence-corrected chi connectivity index (χ3v) is 6.25. The Morgan fingerprint density at radius 1 is 1.29 bits per heavy atom. The molecule has 8 heteroatoms. The molecule has 3 rings (SSSR count). The number of amides is 1. The number of carbonyl (C=O) groups excluding carboxylic acids is 1. The molecule has 0 aliphatic carbocycles. The van der Waals surface area contributed by atoms with Crippen molar-refractivity contribution < 1.29 is 22.7 Å². The summed E-state index contributed by atoms with van der Waals surface area (Å²) >= 11 is 0. The zero-order valence-electron chi connectivity index (χ0n) is 13.7. The van der Waals surface area contributed by atoms with Crippen molar-refractivity contribution in [3.05, 3.63) is 18.2 Å². The lowest BCUT2D eigenvalue weighted by Gasteiger charge is -2.18. The summed E-state index contributed by atoms with van der Waals surface area (Å²) in [6.07, 6.45) is 2.77. The zero-order chi connectivity index (χ0) is 17.2. The number of ether oxygens (including phenoxy) is 2. The van der Waals surface area contributed by atoms with Crippen molar-refractivity contribution in [1.29, 1.82) is 0 Å². The fourth-order valence-corrected chi connectivity index (χ4v) is 4.56. The third kappa shape index (κ3) is 3.40. The summed E-state index contributed by atoms with van der Waals surface area (Å²) in [4.78, 5) is 12.4. The van der Waals surface area contributed by atoms with Crippen molar-refractivity contribution in [2.75, 3.05) is 32.1 Å². The highest BCUT2D eigenvalue weighted by atomic mass is 32.2. The van der Waals surface area contributed by atoms with E-state index in [1.807, 2.05) is 0 Å². The van der Waals surface area contributed by atoms with Gasteiger partial charge in [-0.3, -0.25) is 4.79 Å². The molecule has 132 valence electrons. The van der Waals surface area contributed by atoms with E-state index in [9.17, 15) is 13.2 Å². The lowest BCUT2D eigenvalue weighted by Crippen LogP contribution is -2.29. The fourth-order valence-electron chi connectivity index (χ4n) is 3.02. The van der Waals surface area contributed by atoms with E-state index in [0.717, 1.165) is 19.3 Å². The van der Waals surface area contributed by atoms with Crippen molar-refractivity contribution >= 4 is 21.6 Å². The molecule has 2 saturated heterocycles. The molecule has 0 spiro atoms. The lowest BCUT2D eigenvalue weighted by atomic mass is 10.2. The van der Waals surface area contributed by atoms with E-state index in [1.165, 1.54) is 23.5 Å². The minimum atomic E-state index is -3.55. The van der Waals surface area contributed by atoms with Crippen molar-refractivity contribution in [3.8, 4) is 5.75 Å². The first kappa shape index (κ1) is 17.2. The third-order valence-electron chi connectivity index (χ3n) is 4.35. The second kappa shape index (κ2) is 7.08. The maximum absolute atomic E-state index is 12.7. The second-order valence-corrected chi connectivity index (χ2v) is 7.90. The van der Waals surface area contributed by atoms with Crippen LogP contribution in [0.15, 0.2) is 23.1 Å². The molecule has 1 aromatic rings. The fraction of sp³-hybridized carbons (Fsp3) is 0.562. The van der Waals surface area contributed by atoms with Gasteiger partial charge in [0.2, 0.25) is 10.0 Å². The molecule has 0 saturated carbocycles. The number of nitrogens with one attached hydrogen (secondary N) is 1. The number of rotatable bonds is 5. The molecule has 0 bridgehead atoms. The summed E-state index contributed by atoms with van der Waals surface area (Å²) in [7, 11) is -2.07. The van der Waals surface area contributed by atoms with E-state index in [1.54, 1.807) is 6.07 Å². The highest BCUT2D eigenvalue weighted by Crippen LogP contribution is 2.30. The molecule has 1 amide bonds. The van der Waals surface area contributed by atoms with Gasteiger partial charge in [0.25, 0.3) is 5.91 Å². The SMILES string of the molecule is COc1ccc(S(=O)(=O)N2CCCC2)cc1NC(=O)C1CCCO1. The highest BCUT2D eigenvalue weighted by Gasteiger charge is 2.29. The van der Waals surface area contributed by atoms with Crippen LogP contribution in [0, 0.1) is 0 Å². The maximum atomic E-state index is 12.7. The Morgan fingerprint density at radius 3 is 2.67 bits per heavy atom. The summed E-state index contributed by atoms with van der Waals surface area (Å²) in [5.74, 6) is 0.142. The first-order valence-corrected chi connectivity index (χ1v) is 9.57. The topological polar surface area (TPSA) is 84.9 Å². The molecule has 0 radical (unpaired) electrons. The zero-order valence-corrected chi connectivity index (χ0v) is 14.5. The van der Waals surface area contributed by atoms with Crippen molar-refractivity contribution in [1.82, 2.24) is 4.31 Å². The van der Waals surface area contributed by atoms with Crippen molar-refractivity contribution in [2.24, 2.45) is 0 Å². The van der Waals surface area contributed by atoms with Crippen LogP contribution < -0.4 is 10.1 Å². The molecule has 24 heavy (non-hydrogen) atoms. The number of sulfonamides is 1. The van der Waals surface area contributed by atoms with Crippen molar-refractivity contribution in [3.63, 3.8) is 0 Å². The number of hydrogen-bond donors (Lipinski definition) is 1. The van der Waals surface area contributed by atoms with Crippen LogP contribution in [0.3, 0.4) is 0 Å². The Kier molecular flexibility index (Phi) is 5.07. The van der Waals surface area contributed by atoms with E-state index in [0.29, 0.717) is 37.6 Å². The van der Waals surface area contributed by atoms with Crippen LogP contribution in [-0.2, 0) is 19.6 Å². The van der Waals surface area contributed by atoms with E-state index in [2.05, 4.69) is 5.32 Å². The molecule has 1 N–H and O–H groups in total. The smallest absolute Gasteiger partial charge is 0.253 e. The Labute approximate surface area is 142 Å². The number of benzene rings is 1. The molecule has 2 aliphatic heterocycles. The number of carbonyl (C=O) groups is 1. The quantitative estimate of drug-likeness (QED) is 0.868. The summed E-state index contributed by atoms with van der Waals surface area (Å²) in [6, 6.07) is 4.53. The predicted octanol–water partition coefficient (Wildman–Crippen LogP) is 1.60. The number of nitrogens with zero attached hydrogens (tertiary/aromatic N) is 1. The lowest BCUT2D eigenvalue weighted by molar-refractivity contribution is -0.124. The van der Waals surface area contributed by atoms with Gasteiger partial charge in [-0.05, 0) is 43.9 Å². The van der Waals surface area contributed by atoms with Crippen LogP contribution in [0.4, 0.5) is 5.69 Å². The largest absolute Gasteiger partial charge is 0.495 e. The van der Waals surface area contributed by atoms with Crippen LogP contribution >= 0.6 is 0 Å². The van der Waals surface area contributed by atoms with Gasteiger partial charge in [0.1, 0.15) is 11.9 Å². The standard InChI is InChI=1S/C16H22N2O5S/c1-22-14-7-6-12(24(20,21)18-8-2-3-9-18)11-13(14)17-16(19)15-5-4-10-23-15/h6-7,11,15H,2-5,8-10H2,1H3,(H,17,19). The summed E-state index contributed by atoms with van der Waals surface area (Å²) < 4.78 is 37.4. The van der Waals surface area contributed by atoms with Gasteiger partial charge in [-0.2, -0.15) is 4.31 Å². The minimum absolute atomic E-state index is 0.160. The van der Waals surface area contributed by atoms with Gasteiger partial charge in [-0.25, -0.2) is 8.42 Å². The second-order valence-electron chi connectivity index (χ2n) is 5.96. The molecular formula is C16H22N2O5S. The van der Waals surface area contributed by atoms with Gasteiger partial charge in [0.05, 0.1) is 17.7 Å². The summed E-state index contributed by atoms with van der Waals surface area (Å²) in [5, 5.41) is 2.73.